The first-order chi connectivity index (χ1) is 17.1. The summed E-state index contributed by atoms with van der Waals surface area (Å²) in [7, 11) is 0. The number of pyridine rings is 1. The number of thioether (sulfide) groups is 1. The Morgan fingerprint density at radius 2 is 1.94 bits per heavy atom. The zero-order valence-corrected chi connectivity index (χ0v) is 20.8. The van der Waals surface area contributed by atoms with Crippen molar-refractivity contribution in [1.29, 1.82) is 0 Å². The zero-order chi connectivity index (χ0) is 23.9. The Kier molecular flexibility index (Phi) is 5.86. The quantitative estimate of drug-likeness (QED) is 0.235. The second-order valence-corrected chi connectivity index (χ2v) is 10.4. The van der Waals surface area contributed by atoms with Crippen LogP contribution in [-0.2, 0) is 11.3 Å². The molecule has 4 aromatic rings. The number of carbonyl (C=O) groups excluding carboxylic acids is 1. The van der Waals surface area contributed by atoms with E-state index in [1.807, 2.05) is 30.5 Å². The van der Waals surface area contributed by atoms with Gasteiger partial charge in [0.2, 0.25) is 5.91 Å². The van der Waals surface area contributed by atoms with Crippen molar-refractivity contribution in [3.63, 3.8) is 0 Å². The average Bonchev–Trinajstić information content (AvgIpc) is 3.78. The average molecular weight is 505 g/mol. The van der Waals surface area contributed by atoms with Crippen LogP contribution in [0.2, 0.25) is 5.02 Å². The molecule has 0 radical (unpaired) electrons. The van der Waals surface area contributed by atoms with Crippen molar-refractivity contribution in [2.45, 2.75) is 42.8 Å². The lowest BCUT2D eigenvalue weighted by Crippen LogP contribution is -2.16. The second-order valence-electron chi connectivity index (χ2n) is 9.21. The number of anilines is 2. The van der Waals surface area contributed by atoms with Gasteiger partial charge in [0.05, 0.1) is 12.2 Å². The molecule has 2 aliphatic carbocycles. The smallest absolute Gasteiger partial charge is 0.229 e. The second kappa shape index (κ2) is 9.17. The highest BCUT2D eigenvalue weighted by Crippen LogP contribution is 2.48. The van der Waals surface area contributed by atoms with Crippen LogP contribution in [0.3, 0.4) is 0 Å². The van der Waals surface area contributed by atoms with Crippen LogP contribution in [0.15, 0.2) is 60.0 Å². The van der Waals surface area contributed by atoms with E-state index in [0.717, 1.165) is 23.3 Å². The fourth-order valence-corrected chi connectivity index (χ4v) is 5.04. The number of amides is 1. The highest BCUT2D eigenvalue weighted by Gasteiger charge is 2.44. The number of nitrogens with one attached hydrogen (secondary N) is 2. The van der Waals surface area contributed by atoms with Gasteiger partial charge in [0, 0.05) is 29.4 Å². The predicted molar refractivity (Wildman–Crippen MR) is 139 cm³/mol. The van der Waals surface area contributed by atoms with Crippen molar-refractivity contribution >= 4 is 46.6 Å². The van der Waals surface area contributed by atoms with E-state index < -0.39 is 0 Å². The van der Waals surface area contributed by atoms with E-state index in [4.69, 9.17) is 16.6 Å². The summed E-state index contributed by atoms with van der Waals surface area (Å²) in [6, 6.07) is 13.8. The monoisotopic (exact) mass is 504 g/mol. The molecule has 35 heavy (non-hydrogen) atoms. The summed E-state index contributed by atoms with van der Waals surface area (Å²) < 4.78 is 2.09. The first kappa shape index (κ1) is 22.4. The molecule has 6 rings (SSSR count). The van der Waals surface area contributed by atoms with Gasteiger partial charge in [-0.05, 0) is 66.7 Å². The van der Waals surface area contributed by atoms with Crippen molar-refractivity contribution in [3.8, 4) is 0 Å². The molecule has 0 spiro atoms. The number of carbonyl (C=O) groups is 1. The first-order valence-corrected chi connectivity index (χ1v) is 13.4. The lowest BCUT2D eigenvalue weighted by molar-refractivity contribution is -0.117. The van der Waals surface area contributed by atoms with Gasteiger partial charge in [0.1, 0.15) is 17.3 Å². The van der Waals surface area contributed by atoms with Gasteiger partial charge < -0.3 is 15.0 Å². The number of fused-ring (bicyclic) bond motifs is 1. The van der Waals surface area contributed by atoms with E-state index in [1.165, 1.54) is 30.2 Å². The molecule has 2 fully saturated rings. The van der Waals surface area contributed by atoms with E-state index >= 15 is 0 Å². The number of hydrogen-bond acceptors (Lipinski definition) is 6. The fraction of sp³-hybridized carbons (Fsp3) is 0.308. The topological polar surface area (TPSA) is 84.2 Å². The maximum absolute atomic E-state index is 12.9. The van der Waals surface area contributed by atoms with Crippen molar-refractivity contribution in [2.24, 2.45) is 5.92 Å². The molecular formula is C26H25ClN6OS. The van der Waals surface area contributed by atoms with E-state index in [-0.39, 0.29) is 17.7 Å². The van der Waals surface area contributed by atoms with Gasteiger partial charge in [0.15, 0.2) is 5.16 Å². The van der Waals surface area contributed by atoms with E-state index in [1.54, 1.807) is 6.07 Å². The van der Waals surface area contributed by atoms with Crippen LogP contribution in [0, 0.1) is 5.92 Å². The third kappa shape index (κ3) is 4.99. The first-order valence-electron chi connectivity index (χ1n) is 11.8. The molecule has 1 amide bonds. The minimum Gasteiger partial charge on any atom is -0.364 e. The number of halogens is 1. The minimum atomic E-state index is -0.0731. The van der Waals surface area contributed by atoms with Crippen LogP contribution in [0.25, 0.3) is 5.65 Å². The van der Waals surface area contributed by atoms with Crippen LogP contribution in [0.1, 0.15) is 47.9 Å². The molecule has 7 nitrogen and oxygen atoms in total. The van der Waals surface area contributed by atoms with E-state index in [0.29, 0.717) is 34.3 Å². The molecule has 1 aromatic carbocycles. The molecule has 2 aliphatic rings. The van der Waals surface area contributed by atoms with Gasteiger partial charge in [-0.15, -0.1) is 0 Å². The number of rotatable bonds is 8. The SMILES string of the molecule is CSc1nc(NCc2cn3cc(C4CC4)ccc3n2)cc(NC(=O)C2CC2c2cccc(Cl)c2)n1. The molecule has 3 aromatic heterocycles. The van der Waals surface area contributed by atoms with Gasteiger partial charge in [-0.1, -0.05) is 41.6 Å². The Hall–Kier alpha value is -3.10. The van der Waals surface area contributed by atoms with Gasteiger partial charge in [-0.25, -0.2) is 15.0 Å². The number of aromatic nitrogens is 4. The number of imidazole rings is 1. The van der Waals surface area contributed by atoms with Crippen LogP contribution in [-0.4, -0.2) is 31.5 Å². The molecule has 0 bridgehead atoms. The molecule has 0 aliphatic heterocycles. The Bertz CT molecular complexity index is 1420. The van der Waals surface area contributed by atoms with Gasteiger partial charge >= 0.3 is 0 Å². The number of benzene rings is 1. The van der Waals surface area contributed by atoms with Crippen LogP contribution < -0.4 is 10.6 Å². The van der Waals surface area contributed by atoms with E-state index in [2.05, 4.69) is 49.5 Å². The number of nitrogens with zero attached hydrogens (tertiary/aromatic N) is 4. The van der Waals surface area contributed by atoms with Gasteiger partial charge in [-0.3, -0.25) is 4.79 Å². The van der Waals surface area contributed by atoms with Gasteiger partial charge in [0.25, 0.3) is 0 Å². The molecule has 2 atom stereocenters. The predicted octanol–water partition coefficient (Wildman–Crippen LogP) is 5.73. The van der Waals surface area contributed by atoms with Crippen LogP contribution >= 0.6 is 23.4 Å². The standard InChI is InChI=1S/C26H25ClN6OS/c1-35-26-31-22(28-12-19-14-33-13-17(15-5-6-15)7-8-24(33)29-19)11-23(32-26)30-25(34)21-10-20(21)16-3-2-4-18(27)9-16/h2-4,7-9,11,13-15,20-21H,5-6,10,12H2,1H3,(H2,28,30,31,32,34). The summed E-state index contributed by atoms with van der Waals surface area (Å²) >= 11 is 7.55. The summed E-state index contributed by atoms with van der Waals surface area (Å²) in [4.78, 5) is 26.6. The summed E-state index contributed by atoms with van der Waals surface area (Å²) in [6.07, 6.45) is 9.52. The largest absolute Gasteiger partial charge is 0.364 e. The van der Waals surface area contributed by atoms with Crippen molar-refractivity contribution in [1.82, 2.24) is 19.4 Å². The third-order valence-corrected chi connectivity index (χ3v) is 7.35. The Morgan fingerprint density at radius 1 is 1.09 bits per heavy atom. The van der Waals surface area contributed by atoms with E-state index in [9.17, 15) is 4.79 Å². The fourth-order valence-electron chi connectivity index (χ4n) is 4.47. The van der Waals surface area contributed by atoms with Crippen molar-refractivity contribution in [2.75, 3.05) is 16.9 Å². The molecule has 2 unspecified atom stereocenters. The maximum atomic E-state index is 12.9. The minimum absolute atomic E-state index is 0.0292. The normalized spacial score (nSPS) is 19.0. The van der Waals surface area contributed by atoms with Gasteiger partial charge in [-0.2, -0.15) is 0 Å². The molecule has 0 saturated heterocycles. The summed E-state index contributed by atoms with van der Waals surface area (Å²) in [5.74, 6) is 1.95. The molecular weight excluding hydrogens is 480 g/mol. The van der Waals surface area contributed by atoms with Crippen molar-refractivity contribution in [3.05, 3.63) is 76.7 Å². The summed E-state index contributed by atoms with van der Waals surface area (Å²) in [6.45, 7) is 0.526. The molecule has 3 heterocycles. The number of hydrogen-bond donors (Lipinski definition) is 2. The third-order valence-electron chi connectivity index (χ3n) is 6.57. The Labute approximate surface area is 212 Å². The Morgan fingerprint density at radius 3 is 2.74 bits per heavy atom. The zero-order valence-electron chi connectivity index (χ0n) is 19.2. The van der Waals surface area contributed by atoms with Crippen LogP contribution in [0.4, 0.5) is 11.6 Å². The Balaban J connectivity index is 1.12. The highest BCUT2D eigenvalue weighted by atomic mass is 35.5. The summed E-state index contributed by atoms with van der Waals surface area (Å²) in [5.41, 5.74) is 4.34. The lowest BCUT2D eigenvalue weighted by atomic mass is 10.1. The molecule has 178 valence electrons. The lowest BCUT2D eigenvalue weighted by Gasteiger charge is -2.09. The highest BCUT2D eigenvalue weighted by molar-refractivity contribution is 7.98. The molecule has 2 saturated carbocycles. The molecule has 9 heteroatoms. The maximum Gasteiger partial charge on any atom is 0.229 e. The molecule has 2 N–H and O–H groups in total. The summed E-state index contributed by atoms with van der Waals surface area (Å²) in [5, 5.41) is 7.61. The van der Waals surface area contributed by atoms with Crippen molar-refractivity contribution < 1.29 is 4.79 Å². The van der Waals surface area contributed by atoms with Crippen LogP contribution in [0.5, 0.6) is 0 Å².